The molecule has 0 saturated heterocycles. The molecule has 0 atom stereocenters. The zero-order valence-electron chi connectivity index (χ0n) is 24.2. The lowest BCUT2D eigenvalue weighted by molar-refractivity contribution is 0.103. The lowest BCUT2D eigenvalue weighted by Crippen LogP contribution is -2.16. The first-order valence-corrected chi connectivity index (χ1v) is 15.1. The highest BCUT2D eigenvalue weighted by atomic mass is 32.2. The largest absolute Gasteiger partial charge is 0.454 e. The second kappa shape index (κ2) is 11.2. The zero-order valence-corrected chi connectivity index (χ0v) is 25.0. The number of halogens is 2. The van der Waals surface area contributed by atoms with Gasteiger partial charge in [0.2, 0.25) is 11.7 Å². The molecule has 0 unspecified atom stereocenters. The molecule has 3 aromatic heterocycles. The van der Waals surface area contributed by atoms with E-state index in [4.69, 9.17) is 10.5 Å². The van der Waals surface area contributed by atoms with E-state index in [2.05, 4.69) is 19.8 Å². The van der Waals surface area contributed by atoms with Crippen LogP contribution in [0.15, 0.2) is 84.0 Å². The van der Waals surface area contributed by atoms with E-state index in [-0.39, 0.29) is 28.5 Å². The topological polar surface area (TPSA) is 145 Å². The summed E-state index contributed by atoms with van der Waals surface area (Å²) < 4.78 is 63.7. The van der Waals surface area contributed by atoms with Gasteiger partial charge >= 0.3 is 0 Å². The number of aromatic amines is 1. The molecule has 0 amide bonds. The third kappa shape index (κ3) is 5.60. The van der Waals surface area contributed by atoms with Gasteiger partial charge in [0, 0.05) is 17.1 Å². The Morgan fingerprint density at radius 3 is 2.51 bits per heavy atom. The van der Waals surface area contributed by atoms with Crippen LogP contribution in [0, 0.1) is 32.5 Å². The minimum atomic E-state index is -4.28. The summed E-state index contributed by atoms with van der Waals surface area (Å²) in [5.74, 6) is -1.42. The Kier molecular flexibility index (Phi) is 7.33. The van der Waals surface area contributed by atoms with Crippen molar-refractivity contribution < 1.29 is 26.7 Å². The molecule has 4 N–H and O–H groups in total. The molecule has 3 aromatic carbocycles. The Balaban J connectivity index is 1.26. The van der Waals surface area contributed by atoms with Crippen molar-refractivity contribution in [3.63, 3.8) is 0 Å². The van der Waals surface area contributed by atoms with E-state index in [0.29, 0.717) is 33.5 Å². The van der Waals surface area contributed by atoms with Crippen molar-refractivity contribution in [2.24, 2.45) is 0 Å². The van der Waals surface area contributed by atoms with Crippen LogP contribution in [0.1, 0.15) is 32.7 Å². The molecule has 0 saturated carbocycles. The molecule has 0 spiro atoms. The fourth-order valence-electron chi connectivity index (χ4n) is 4.89. The summed E-state index contributed by atoms with van der Waals surface area (Å²) in [5.41, 5.74) is 9.76. The van der Waals surface area contributed by atoms with Crippen LogP contribution in [-0.4, -0.2) is 33.9 Å². The van der Waals surface area contributed by atoms with Crippen molar-refractivity contribution in [2.45, 2.75) is 25.7 Å². The van der Waals surface area contributed by atoms with Crippen LogP contribution >= 0.6 is 0 Å². The van der Waals surface area contributed by atoms with Crippen molar-refractivity contribution >= 4 is 38.2 Å². The number of nitrogens with zero attached hydrogens (tertiary/aromatic N) is 3. The van der Waals surface area contributed by atoms with E-state index in [1.165, 1.54) is 41.3 Å². The second-order valence-corrected chi connectivity index (χ2v) is 12.2. The van der Waals surface area contributed by atoms with Gasteiger partial charge in [-0.25, -0.2) is 22.5 Å². The average molecular weight is 629 g/mol. The van der Waals surface area contributed by atoms with Crippen LogP contribution in [0.25, 0.3) is 16.6 Å². The number of aryl methyl sites for hydroxylation is 3. The SMILES string of the molecule is Cc1cnc(F)c(S(=O)(=O)Nc2cc3[nH]c(C(=O)c4cnn(-c5ccc(Oc6ccccc6F)cc5C)c4N)cc3cc2C)c1. The molecule has 3 heterocycles. The molecule has 228 valence electrons. The molecule has 6 aromatic rings. The fourth-order valence-corrected chi connectivity index (χ4v) is 6.13. The number of ether oxygens (including phenoxy) is 1. The van der Waals surface area contributed by atoms with E-state index >= 15 is 0 Å². The normalized spacial score (nSPS) is 11.6. The number of nitrogens with two attached hydrogens (primary N) is 1. The number of anilines is 2. The van der Waals surface area contributed by atoms with Gasteiger partial charge in [0.25, 0.3) is 10.0 Å². The quantitative estimate of drug-likeness (QED) is 0.131. The number of hydrogen-bond acceptors (Lipinski definition) is 7. The highest BCUT2D eigenvalue weighted by Gasteiger charge is 2.23. The number of aromatic nitrogens is 4. The first-order chi connectivity index (χ1) is 21.4. The van der Waals surface area contributed by atoms with Gasteiger partial charge in [-0.3, -0.25) is 9.52 Å². The molecule has 10 nitrogen and oxygen atoms in total. The van der Waals surface area contributed by atoms with Crippen LogP contribution in [0.5, 0.6) is 11.5 Å². The number of benzene rings is 3. The fraction of sp³-hybridized carbons (Fsp3) is 0.0938. The maximum atomic E-state index is 14.2. The van der Waals surface area contributed by atoms with E-state index in [0.717, 1.165) is 5.56 Å². The number of sulfonamides is 1. The number of rotatable bonds is 8. The second-order valence-electron chi connectivity index (χ2n) is 10.5. The third-order valence-corrected chi connectivity index (χ3v) is 8.55. The first-order valence-electron chi connectivity index (χ1n) is 13.6. The zero-order chi connectivity index (χ0) is 32.0. The first kappa shape index (κ1) is 29.5. The number of H-pyrrole nitrogens is 1. The molecule has 6 rings (SSSR count). The number of para-hydroxylation sites is 1. The number of fused-ring (bicyclic) bond motifs is 1. The van der Waals surface area contributed by atoms with Gasteiger partial charge in [0.1, 0.15) is 16.5 Å². The number of ketones is 1. The van der Waals surface area contributed by atoms with Crippen molar-refractivity contribution in [1.29, 1.82) is 0 Å². The number of hydrogen-bond donors (Lipinski definition) is 3. The van der Waals surface area contributed by atoms with E-state index in [9.17, 15) is 22.0 Å². The lowest BCUT2D eigenvalue weighted by Gasteiger charge is -2.12. The van der Waals surface area contributed by atoms with Gasteiger partial charge < -0.3 is 15.5 Å². The van der Waals surface area contributed by atoms with Crippen LogP contribution in [0.3, 0.4) is 0 Å². The summed E-state index contributed by atoms with van der Waals surface area (Å²) in [4.78, 5) is 19.5. The Morgan fingerprint density at radius 1 is 0.978 bits per heavy atom. The lowest BCUT2D eigenvalue weighted by atomic mass is 10.1. The number of nitrogens with one attached hydrogen (secondary N) is 2. The summed E-state index contributed by atoms with van der Waals surface area (Å²) in [6.45, 7) is 5.11. The molecule has 0 radical (unpaired) electrons. The number of nitrogen functional groups attached to an aromatic ring is 1. The highest BCUT2D eigenvalue weighted by molar-refractivity contribution is 7.92. The summed E-state index contributed by atoms with van der Waals surface area (Å²) in [5, 5.41) is 4.98. The van der Waals surface area contributed by atoms with Crippen molar-refractivity contribution in [1.82, 2.24) is 19.7 Å². The number of pyridine rings is 1. The van der Waals surface area contributed by atoms with Crippen LogP contribution < -0.4 is 15.2 Å². The molecule has 13 heteroatoms. The van der Waals surface area contributed by atoms with Crippen molar-refractivity contribution in [2.75, 3.05) is 10.5 Å². The molecule has 0 aliphatic carbocycles. The van der Waals surface area contributed by atoms with Crippen molar-refractivity contribution in [3.8, 4) is 17.2 Å². The Hall–Kier alpha value is -5.56. The van der Waals surface area contributed by atoms with E-state index in [1.54, 1.807) is 56.3 Å². The summed E-state index contributed by atoms with van der Waals surface area (Å²) in [6, 6.07) is 17.2. The standard InChI is InChI=1S/C32H26F2N6O4S/c1-17-10-29(31(34)36-15-17)45(42,43)39-24-14-25-20(11-18(24)2)13-26(38-25)30(41)22-16-37-40(32(22)35)27-9-8-21(12-19(27)3)44-28-7-5-4-6-23(28)33/h4-16,38-39H,35H2,1-3H3. The number of carbonyl (C=O) groups is 1. The molecule has 0 fully saturated rings. The minimum Gasteiger partial charge on any atom is -0.454 e. The average Bonchev–Trinajstić information content (AvgIpc) is 3.58. The third-order valence-electron chi connectivity index (χ3n) is 7.20. The van der Waals surface area contributed by atoms with Crippen LogP contribution in [-0.2, 0) is 10.0 Å². The van der Waals surface area contributed by atoms with Gasteiger partial charge in [-0.1, -0.05) is 12.1 Å². The molecule has 0 aliphatic heterocycles. The maximum Gasteiger partial charge on any atom is 0.266 e. The molecule has 0 bridgehead atoms. The summed E-state index contributed by atoms with van der Waals surface area (Å²) in [6.07, 6.45) is 2.60. The Morgan fingerprint density at radius 2 is 1.76 bits per heavy atom. The monoisotopic (exact) mass is 628 g/mol. The van der Waals surface area contributed by atoms with E-state index in [1.807, 2.05) is 6.92 Å². The van der Waals surface area contributed by atoms with Crippen LogP contribution in [0.2, 0.25) is 0 Å². The van der Waals surface area contributed by atoms with E-state index < -0.39 is 32.5 Å². The summed E-state index contributed by atoms with van der Waals surface area (Å²) >= 11 is 0. The van der Waals surface area contributed by atoms with Crippen LogP contribution in [0.4, 0.5) is 20.3 Å². The van der Waals surface area contributed by atoms with Gasteiger partial charge in [-0.2, -0.15) is 9.49 Å². The van der Waals surface area contributed by atoms with Gasteiger partial charge in [0.15, 0.2) is 11.6 Å². The van der Waals surface area contributed by atoms with Gasteiger partial charge in [-0.05, 0) is 92.1 Å². The van der Waals surface area contributed by atoms with Gasteiger partial charge in [0.05, 0.1) is 28.8 Å². The predicted molar refractivity (Wildman–Crippen MR) is 165 cm³/mol. The molecular formula is C32H26F2N6O4S. The highest BCUT2D eigenvalue weighted by Crippen LogP contribution is 2.31. The van der Waals surface area contributed by atoms with Gasteiger partial charge in [-0.15, -0.1) is 0 Å². The molecule has 45 heavy (non-hydrogen) atoms. The minimum absolute atomic E-state index is 0.0895. The molecular weight excluding hydrogens is 602 g/mol. The molecule has 0 aliphatic rings. The maximum absolute atomic E-state index is 14.2. The summed E-state index contributed by atoms with van der Waals surface area (Å²) in [7, 11) is -4.28. The number of carbonyl (C=O) groups excluding carboxylic acids is 1. The van der Waals surface area contributed by atoms with Crippen molar-refractivity contribution in [3.05, 3.63) is 119 Å². The Labute approximate surface area is 256 Å². The predicted octanol–water partition coefficient (Wildman–Crippen LogP) is 6.36. The smallest absolute Gasteiger partial charge is 0.266 e. The Bertz CT molecular complexity index is 2240.